The number of thioether (sulfide) groups is 1. The summed E-state index contributed by atoms with van der Waals surface area (Å²) in [5, 5.41) is 8.84. The summed E-state index contributed by atoms with van der Waals surface area (Å²) in [7, 11) is 0. The molecule has 0 N–H and O–H groups in total. The Kier molecular flexibility index (Phi) is 7.83. The van der Waals surface area contributed by atoms with Crippen LogP contribution in [0.25, 0.3) is 0 Å². The second-order valence-electron chi connectivity index (χ2n) is 2.60. The maximum atomic E-state index is 8.61. The Balaban J connectivity index is 3.16. The van der Waals surface area contributed by atoms with Crippen LogP contribution in [0.4, 0.5) is 0 Å². The number of hydrogen-bond donors (Lipinski definition) is 0. The van der Waals surface area contributed by atoms with Crippen molar-refractivity contribution >= 4 is 11.8 Å². The predicted molar refractivity (Wildman–Crippen MR) is 51.7 cm³/mol. The largest absolute Gasteiger partial charge is 0.197 e. The lowest BCUT2D eigenvalue weighted by molar-refractivity contribution is 0.777. The number of nitriles is 1. The fourth-order valence-corrected chi connectivity index (χ4v) is 1.79. The molecule has 0 amide bonds. The molecule has 0 aromatic rings. The Morgan fingerprint density at radius 2 is 2.09 bits per heavy atom. The zero-order chi connectivity index (χ0) is 8.53. The summed E-state index contributed by atoms with van der Waals surface area (Å²) >= 11 is 1.80. The molecule has 0 aromatic carbocycles. The van der Waals surface area contributed by atoms with Crippen LogP contribution in [0, 0.1) is 11.3 Å². The molecule has 0 rings (SSSR count). The molecule has 0 fully saturated rings. The van der Waals surface area contributed by atoms with E-state index in [2.05, 4.69) is 19.9 Å². The van der Waals surface area contributed by atoms with Crippen molar-refractivity contribution in [1.82, 2.24) is 0 Å². The van der Waals surface area contributed by atoms with E-state index in [1.165, 1.54) is 19.3 Å². The fourth-order valence-electron chi connectivity index (χ4n) is 0.824. The third-order valence-corrected chi connectivity index (χ3v) is 2.95. The summed E-state index contributed by atoms with van der Waals surface area (Å²) in [6.45, 7) is 4.27. The fraction of sp³-hybridized carbons (Fsp3) is 0.889. The molecule has 0 aliphatic rings. The summed E-state index contributed by atoms with van der Waals surface area (Å²) in [5.74, 6) is 1.15. The highest BCUT2D eigenvalue weighted by Gasteiger charge is 2.02. The van der Waals surface area contributed by atoms with Crippen LogP contribution in [0.5, 0.6) is 0 Å². The van der Waals surface area contributed by atoms with E-state index in [-0.39, 0.29) is 5.25 Å². The smallest absolute Gasteiger partial charge is 0.0914 e. The minimum atomic E-state index is 0.229. The molecular formula is C9H17NS. The highest BCUT2D eigenvalue weighted by molar-refractivity contribution is 8.00. The van der Waals surface area contributed by atoms with E-state index < -0.39 is 0 Å². The first-order valence-corrected chi connectivity index (χ1v) is 5.41. The molecule has 0 saturated heterocycles. The topological polar surface area (TPSA) is 23.8 Å². The lowest BCUT2D eigenvalue weighted by Crippen LogP contribution is -1.97. The number of nitrogens with zero attached hydrogens (tertiary/aromatic N) is 1. The van der Waals surface area contributed by atoms with Gasteiger partial charge in [-0.1, -0.05) is 26.7 Å². The molecule has 0 spiro atoms. The molecular weight excluding hydrogens is 154 g/mol. The average Bonchev–Trinajstić information content (AvgIpc) is 2.05. The van der Waals surface area contributed by atoms with Crippen LogP contribution in [-0.4, -0.2) is 11.0 Å². The zero-order valence-electron chi connectivity index (χ0n) is 7.47. The van der Waals surface area contributed by atoms with E-state index in [0.717, 1.165) is 12.2 Å². The highest BCUT2D eigenvalue weighted by atomic mass is 32.2. The van der Waals surface area contributed by atoms with Crippen molar-refractivity contribution in [1.29, 1.82) is 5.26 Å². The zero-order valence-corrected chi connectivity index (χ0v) is 8.28. The van der Waals surface area contributed by atoms with Crippen LogP contribution in [0.2, 0.25) is 0 Å². The third-order valence-electron chi connectivity index (χ3n) is 1.58. The van der Waals surface area contributed by atoms with Gasteiger partial charge in [-0.15, -0.1) is 11.8 Å². The Morgan fingerprint density at radius 3 is 2.55 bits per heavy atom. The van der Waals surface area contributed by atoms with Crippen molar-refractivity contribution < 1.29 is 0 Å². The molecule has 1 atom stereocenters. The van der Waals surface area contributed by atoms with Gasteiger partial charge in [0.05, 0.1) is 11.3 Å². The van der Waals surface area contributed by atoms with E-state index >= 15 is 0 Å². The summed E-state index contributed by atoms with van der Waals surface area (Å²) < 4.78 is 0. The summed E-state index contributed by atoms with van der Waals surface area (Å²) in [6, 6.07) is 2.29. The van der Waals surface area contributed by atoms with E-state index in [1.54, 1.807) is 11.8 Å². The Bertz CT molecular complexity index is 117. The molecule has 0 saturated carbocycles. The summed E-state index contributed by atoms with van der Waals surface area (Å²) in [4.78, 5) is 0. The van der Waals surface area contributed by atoms with Gasteiger partial charge >= 0.3 is 0 Å². The van der Waals surface area contributed by atoms with Gasteiger partial charge in [-0.2, -0.15) is 5.26 Å². The van der Waals surface area contributed by atoms with Gasteiger partial charge in [0, 0.05) is 0 Å². The quantitative estimate of drug-likeness (QED) is 0.573. The van der Waals surface area contributed by atoms with Crippen molar-refractivity contribution in [3.05, 3.63) is 0 Å². The van der Waals surface area contributed by atoms with E-state index in [1.807, 2.05) is 0 Å². The van der Waals surface area contributed by atoms with Crippen molar-refractivity contribution in [2.75, 3.05) is 5.75 Å². The van der Waals surface area contributed by atoms with Gasteiger partial charge in [-0.3, -0.25) is 0 Å². The first-order valence-electron chi connectivity index (χ1n) is 4.36. The lowest BCUT2D eigenvalue weighted by atomic mass is 10.3. The summed E-state index contributed by atoms with van der Waals surface area (Å²) in [6.07, 6.45) is 4.81. The molecule has 1 unspecified atom stereocenters. The van der Waals surface area contributed by atoms with E-state index in [9.17, 15) is 0 Å². The number of hydrogen-bond acceptors (Lipinski definition) is 2. The molecule has 64 valence electrons. The van der Waals surface area contributed by atoms with Gasteiger partial charge < -0.3 is 0 Å². The average molecular weight is 171 g/mol. The van der Waals surface area contributed by atoms with Crippen LogP contribution in [0.1, 0.15) is 39.5 Å². The van der Waals surface area contributed by atoms with E-state index in [0.29, 0.717) is 0 Å². The highest BCUT2D eigenvalue weighted by Crippen LogP contribution is 2.15. The predicted octanol–water partition coefficient (Wildman–Crippen LogP) is 3.21. The van der Waals surface area contributed by atoms with Gasteiger partial charge in [-0.05, 0) is 18.6 Å². The van der Waals surface area contributed by atoms with Crippen LogP contribution in [-0.2, 0) is 0 Å². The van der Waals surface area contributed by atoms with Crippen LogP contribution in [0.15, 0.2) is 0 Å². The van der Waals surface area contributed by atoms with Crippen molar-refractivity contribution in [2.24, 2.45) is 0 Å². The van der Waals surface area contributed by atoms with Gasteiger partial charge in [0.2, 0.25) is 0 Å². The van der Waals surface area contributed by atoms with Crippen LogP contribution >= 0.6 is 11.8 Å². The molecule has 0 bridgehead atoms. The normalized spacial score (nSPS) is 12.5. The minimum Gasteiger partial charge on any atom is -0.197 e. The second kappa shape index (κ2) is 7.94. The number of rotatable bonds is 6. The molecule has 0 aromatic heterocycles. The molecule has 2 heteroatoms. The monoisotopic (exact) mass is 171 g/mol. The SMILES string of the molecule is CCCCCSC(C#N)CC. The molecule has 0 radical (unpaired) electrons. The van der Waals surface area contributed by atoms with Crippen molar-refractivity contribution in [3.63, 3.8) is 0 Å². The van der Waals surface area contributed by atoms with E-state index in [4.69, 9.17) is 5.26 Å². The molecule has 1 nitrogen and oxygen atoms in total. The third kappa shape index (κ3) is 6.25. The first-order chi connectivity index (χ1) is 5.35. The molecule has 0 aliphatic carbocycles. The van der Waals surface area contributed by atoms with Crippen LogP contribution in [0.3, 0.4) is 0 Å². The molecule has 0 heterocycles. The standard InChI is InChI=1S/C9H17NS/c1-3-5-6-7-11-9(4-2)8-10/h9H,3-7H2,1-2H3. The Labute approximate surface area is 74.2 Å². The molecule has 11 heavy (non-hydrogen) atoms. The van der Waals surface area contributed by atoms with Crippen LogP contribution < -0.4 is 0 Å². The number of unbranched alkanes of at least 4 members (excludes halogenated alkanes) is 2. The second-order valence-corrected chi connectivity index (χ2v) is 3.91. The van der Waals surface area contributed by atoms with Gasteiger partial charge in [0.1, 0.15) is 0 Å². The van der Waals surface area contributed by atoms with Gasteiger partial charge in [-0.25, -0.2) is 0 Å². The Hall–Kier alpha value is -0.160. The maximum Gasteiger partial charge on any atom is 0.0914 e. The van der Waals surface area contributed by atoms with Crippen molar-refractivity contribution in [2.45, 2.75) is 44.8 Å². The maximum absolute atomic E-state index is 8.61. The minimum absolute atomic E-state index is 0.229. The Morgan fingerprint density at radius 1 is 1.36 bits per heavy atom. The summed E-state index contributed by atoms with van der Waals surface area (Å²) in [5.41, 5.74) is 0. The van der Waals surface area contributed by atoms with Crippen molar-refractivity contribution in [3.8, 4) is 6.07 Å². The van der Waals surface area contributed by atoms with Gasteiger partial charge in [0.15, 0.2) is 0 Å². The van der Waals surface area contributed by atoms with Gasteiger partial charge in [0.25, 0.3) is 0 Å². The first kappa shape index (κ1) is 10.8. The lowest BCUT2D eigenvalue weighted by Gasteiger charge is -2.03. The molecule has 0 aliphatic heterocycles.